The van der Waals surface area contributed by atoms with Crippen LogP contribution in [-0.2, 0) is 16.6 Å². The Bertz CT molecular complexity index is 918. The van der Waals surface area contributed by atoms with Crippen LogP contribution in [0.1, 0.15) is 44.2 Å². The predicted octanol–water partition coefficient (Wildman–Crippen LogP) is 6.75. The van der Waals surface area contributed by atoms with E-state index in [0.29, 0.717) is 13.0 Å². The monoisotopic (exact) mass is 402 g/mol. The van der Waals surface area contributed by atoms with Crippen molar-refractivity contribution in [3.63, 3.8) is 0 Å². The van der Waals surface area contributed by atoms with Crippen LogP contribution in [0, 0.1) is 0 Å². The SMILES string of the molecule is CCOc1ccc(C(C)(CC=O)CCCc2cccc(Oc3ccccc3)c2)cc1. The largest absolute Gasteiger partial charge is 0.494 e. The fourth-order valence-electron chi connectivity index (χ4n) is 3.74. The summed E-state index contributed by atoms with van der Waals surface area (Å²) in [4.78, 5) is 11.4. The van der Waals surface area contributed by atoms with Crippen molar-refractivity contribution in [2.24, 2.45) is 0 Å². The van der Waals surface area contributed by atoms with Gasteiger partial charge in [0, 0.05) is 6.42 Å². The first-order valence-corrected chi connectivity index (χ1v) is 10.6. The highest BCUT2D eigenvalue weighted by atomic mass is 16.5. The van der Waals surface area contributed by atoms with Gasteiger partial charge in [-0.25, -0.2) is 0 Å². The molecule has 156 valence electrons. The van der Waals surface area contributed by atoms with Crippen LogP contribution in [0.2, 0.25) is 0 Å². The highest BCUT2D eigenvalue weighted by Crippen LogP contribution is 2.34. The van der Waals surface area contributed by atoms with Crippen molar-refractivity contribution >= 4 is 6.29 Å². The molecule has 0 saturated carbocycles. The van der Waals surface area contributed by atoms with Gasteiger partial charge in [0.05, 0.1) is 6.61 Å². The Kier molecular flexibility index (Phi) is 7.67. The molecule has 30 heavy (non-hydrogen) atoms. The van der Waals surface area contributed by atoms with Crippen molar-refractivity contribution in [1.82, 2.24) is 0 Å². The summed E-state index contributed by atoms with van der Waals surface area (Å²) in [6.07, 6.45) is 4.41. The second kappa shape index (κ2) is 10.6. The number of ether oxygens (including phenoxy) is 2. The summed E-state index contributed by atoms with van der Waals surface area (Å²) in [5, 5.41) is 0. The van der Waals surface area contributed by atoms with Crippen LogP contribution in [0.15, 0.2) is 78.9 Å². The number of aldehydes is 1. The number of hydrogen-bond donors (Lipinski definition) is 0. The first-order valence-electron chi connectivity index (χ1n) is 10.6. The average Bonchev–Trinajstić information content (AvgIpc) is 2.76. The van der Waals surface area contributed by atoms with Gasteiger partial charge in [-0.15, -0.1) is 0 Å². The van der Waals surface area contributed by atoms with Gasteiger partial charge in [0.25, 0.3) is 0 Å². The Balaban J connectivity index is 1.62. The maximum absolute atomic E-state index is 11.4. The molecule has 0 amide bonds. The molecule has 0 heterocycles. The molecule has 0 saturated heterocycles. The second-order valence-electron chi connectivity index (χ2n) is 7.80. The van der Waals surface area contributed by atoms with E-state index < -0.39 is 0 Å². The van der Waals surface area contributed by atoms with Gasteiger partial charge >= 0.3 is 0 Å². The molecule has 0 spiro atoms. The smallest absolute Gasteiger partial charge is 0.127 e. The van der Waals surface area contributed by atoms with Crippen LogP contribution < -0.4 is 9.47 Å². The minimum Gasteiger partial charge on any atom is -0.494 e. The molecule has 3 nitrogen and oxygen atoms in total. The van der Waals surface area contributed by atoms with Gasteiger partial charge in [0.2, 0.25) is 0 Å². The van der Waals surface area contributed by atoms with Crippen molar-refractivity contribution in [3.05, 3.63) is 90.0 Å². The molecular weight excluding hydrogens is 372 g/mol. The molecule has 0 aliphatic heterocycles. The van der Waals surface area contributed by atoms with Gasteiger partial charge in [-0.05, 0) is 79.1 Å². The highest BCUT2D eigenvalue weighted by Gasteiger charge is 2.26. The maximum Gasteiger partial charge on any atom is 0.127 e. The average molecular weight is 403 g/mol. The van der Waals surface area contributed by atoms with Crippen molar-refractivity contribution in [1.29, 1.82) is 0 Å². The normalized spacial score (nSPS) is 12.7. The van der Waals surface area contributed by atoms with E-state index in [-0.39, 0.29) is 5.41 Å². The first kappa shape index (κ1) is 21.6. The van der Waals surface area contributed by atoms with E-state index in [2.05, 4.69) is 31.2 Å². The number of benzene rings is 3. The van der Waals surface area contributed by atoms with Crippen molar-refractivity contribution in [2.45, 2.75) is 44.9 Å². The minimum absolute atomic E-state index is 0.176. The predicted molar refractivity (Wildman–Crippen MR) is 122 cm³/mol. The van der Waals surface area contributed by atoms with Crippen molar-refractivity contribution < 1.29 is 14.3 Å². The Labute approximate surface area is 179 Å². The Morgan fingerprint density at radius 2 is 1.60 bits per heavy atom. The van der Waals surface area contributed by atoms with Gasteiger partial charge < -0.3 is 14.3 Å². The van der Waals surface area contributed by atoms with E-state index >= 15 is 0 Å². The maximum atomic E-state index is 11.4. The number of aryl methyl sites for hydroxylation is 1. The third-order valence-corrected chi connectivity index (χ3v) is 5.47. The van der Waals surface area contributed by atoms with Crippen LogP contribution in [0.4, 0.5) is 0 Å². The van der Waals surface area contributed by atoms with E-state index in [9.17, 15) is 4.79 Å². The third-order valence-electron chi connectivity index (χ3n) is 5.47. The first-order chi connectivity index (χ1) is 14.6. The Morgan fingerprint density at radius 1 is 0.867 bits per heavy atom. The molecule has 3 aromatic rings. The van der Waals surface area contributed by atoms with Crippen LogP contribution >= 0.6 is 0 Å². The van der Waals surface area contributed by atoms with Gasteiger partial charge in [0.15, 0.2) is 0 Å². The fraction of sp³-hybridized carbons (Fsp3) is 0.296. The van der Waals surface area contributed by atoms with Crippen LogP contribution in [0.5, 0.6) is 17.2 Å². The summed E-state index contributed by atoms with van der Waals surface area (Å²) >= 11 is 0. The summed E-state index contributed by atoms with van der Waals surface area (Å²) in [5.74, 6) is 2.55. The topological polar surface area (TPSA) is 35.5 Å². The Morgan fingerprint density at radius 3 is 2.30 bits per heavy atom. The lowest BCUT2D eigenvalue weighted by Crippen LogP contribution is -2.23. The summed E-state index contributed by atoms with van der Waals surface area (Å²) in [6, 6.07) is 26.2. The zero-order valence-electron chi connectivity index (χ0n) is 17.8. The fourth-order valence-corrected chi connectivity index (χ4v) is 3.74. The summed E-state index contributed by atoms with van der Waals surface area (Å²) in [5.41, 5.74) is 2.24. The van der Waals surface area contributed by atoms with E-state index in [1.807, 2.05) is 61.5 Å². The summed E-state index contributed by atoms with van der Waals surface area (Å²) < 4.78 is 11.5. The van der Waals surface area contributed by atoms with E-state index in [1.165, 1.54) is 11.1 Å². The van der Waals surface area contributed by atoms with Crippen LogP contribution in [-0.4, -0.2) is 12.9 Å². The van der Waals surface area contributed by atoms with Gasteiger partial charge in [0.1, 0.15) is 23.5 Å². The van der Waals surface area contributed by atoms with Gasteiger partial charge in [-0.3, -0.25) is 0 Å². The lowest BCUT2D eigenvalue weighted by atomic mass is 9.75. The quantitative estimate of drug-likeness (QED) is 0.333. The number of hydrogen-bond acceptors (Lipinski definition) is 3. The molecule has 0 aliphatic rings. The molecule has 0 aromatic heterocycles. The minimum atomic E-state index is -0.176. The molecule has 1 atom stereocenters. The summed E-state index contributed by atoms with van der Waals surface area (Å²) in [6.45, 7) is 4.80. The Hall–Kier alpha value is -3.07. The molecule has 3 heteroatoms. The molecule has 0 fully saturated rings. The number of rotatable bonds is 11. The zero-order chi connectivity index (χ0) is 21.2. The van der Waals surface area contributed by atoms with Crippen LogP contribution in [0.3, 0.4) is 0 Å². The molecule has 3 rings (SSSR count). The van der Waals surface area contributed by atoms with Crippen molar-refractivity contribution in [3.8, 4) is 17.2 Å². The molecule has 0 aliphatic carbocycles. The van der Waals surface area contributed by atoms with E-state index in [0.717, 1.165) is 42.8 Å². The number of carbonyl (C=O) groups is 1. The standard InChI is InChI=1S/C27H30O3/c1-3-29-24-16-14-23(15-17-24)27(2,19-20-28)18-8-10-22-9-7-13-26(21-22)30-25-11-5-4-6-12-25/h4-7,9,11-17,20-21H,3,8,10,18-19H2,1-2H3. The molecule has 0 bridgehead atoms. The number of para-hydroxylation sites is 1. The highest BCUT2D eigenvalue weighted by molar-refractivity contribution is 5.53. The third kappa shape index (κ3) is 5.96. The van der Waals surface area contributed by atoms with E-state index in [1.54, 1.807) is 0 Å². The second-order valence-corrected chi connectivity index (χ2v) is 7.80. The molecule has 3 aromatic carbocycles. The lowest BCUT2D eigenvalue weighted by Gasteiger charge is -2.28. The molecule has 0 N–H and O–H groups in total. The molecular formula is C27H30O3. The van der Waals surface area contributed by atoms with Gasteiger partial charge in [-0.2, -0.15) is 0 Å². The van der Waals surface area contributed by atoms with Crippen LogP contribution in [0.25, 0.3) is 0 Å². The summed E-state index contributed by atoms with van der Waals surface area (Å²) in [7, 11) is 0. The zero-order valence-corrected chi connectivity index (χ0v) is 17.8. The van der Waals surface area contributed by atoms with E-state index in [4.69, 9.17) is 9.47 Å². The van der Waals surface area contributed by atoms with Gasteiger partial charge in [-0.1, -0.05) is 49.4 Å². The lowest BCUT2D eigenvalue weighted by molar-refractivity contribution is -0.108. The number of carbonyl (C=O) groups excluding carboxylic acids is 1. The molecule has 1 unspecified atom stereocenters. The van der Waals surface area contributed by atoms with Crippen molar-refractivity contribution in [2.75, 3.05) is 6.61 Å². The molecule has 0 radical (unpaired) electrons.